The van der Waals surface area contributed by atoms with Crippen LogP contribution in [0.15, 0.2) is 36.4 Å². The minimum absolute atomic E-state index is 0.232. The number of ether oxygens (including phenoxy) is 4. The fraction of sp³-hybridized carbons (Fsp3) is 0.286. The zero-order valence-electron chi connectivity index (χ0n) is 16.7. The summed E-state index contributed by atoms with van der Waals surface area (Å²) in [7, 11) is 4.32. The van der Waals surface area contributed by atoms with Crippen molar-refractivity contribution in [2.75, 3.05) is 34.5 Å². The van der Waals surface area contributed by atoms with E-state index in [9.17, 15) is 14.4 Å². The van der Waals surface area contributed by atoms with Gasteiger partial charge in [-0.2, -0.15) is 0 Å². The van der Waals surface area contributed by atoms with Crippen LogP contribution in [-0.2, 0) is 9.53 Å². The van der Waals surface area contributed by atoms with Crippen molar-refractivity contribution in [3.05, 3.63) is 53.1 Å². The average molecular weight is 401 g/mol. The van der Waals surface area contributed by atoms with E-state index < -0.39 is 24.3 Å². The van der Waals surface area contributed by atoms with Crippen molar-refractivity contribution in [1.29, 1.82) is 0 Å². The van der Waals surface area contributed by atoms with Crippen LogP contribution in [0.4, 0.5) is 0 Å². The number of carbonyl (C=O) groups excluding carboxylic acids is 3. The standard InChI is InChI=1S/C21H23NO7/c1-13-6-5-7-14(8-13)21(25)22-11-19(24)29-12-16(23)15-9-17(26-2)20(28-4)18(10-15)27-3/h5-10H,11-12H2,1-4H3,(H,22,25). The van der Waals surface area contributed by atoms with Gasteiger partial charge in [-0.05, 0) is 31.2 Å². The molecular weight excluding hydrogens is 378 g/mol. The molecule has 0 spiro atoms. The Kier molecular flexibility index (Phi) is 7.59. The second-order valence-corrected chi connectivity index (χ2v) is 6.05. The van der Waals surface area contributed by atoms with Gasteiger partial charge in [0.1, 0.15) is 6.54 Å². The van der Waals surface area contributed by atoms with E-state index in [0.29, 0.717) is 22.8 Å². The molecule has 0 aliphatic carbocycles. The second-order valence-electron chi connectivity index (χ2n) is 6.05. The molecule has 8 heteroatoms. The van der Waals surface area contributed by atoms with Gasteiger partial charge in [-0.15, -0.1) is 0 Å². The molecule has 0 bridgehead atoms. The minimum Gasteiger partial charge on any atom is -0.493 e. The van der Waals surface area contributed by atoms with Gasteiger partial charge in [0.15, 0.2) is 18.1 Å². The number of rotatable bonds is 9. The lowest BCUT2D eigenvalue weighted by atomic mass is 10.1. The SMILES string of the molecule is COc1cc(C(=O)COC(=O)CNC(=O)c2cccc(C)c2)cc(OC)c1OC. The van der Waals surface area contributed by atoms with Crippen LogP contribution in [0.2, 0.25) is 0 Å². The Morgan fingerprint density at radius 3 is 2.10 bits per heavy atom. The van der Waals surface area contributed by atoms with E-state index in [1.165, 1.54) is 33.5 Å². The summed E-state index contributed by atoms with van der Waals surface area (Å²) in [5.74, 6) is -0.614. The molecule has 0 atom stereocenters. The second kappa shape index (κ2) is 10.1. The van der Waals surface area contributed by atoms with Crippen molar-refractivity contribution in [3.8, 4) is 17.2 Å². The number of hydrogen-bond donors (Lipinski definition) is 1. The highest BCUT2D eigenvalue weighted by Crippen LogP contribution is 2.38. The predicted octanol–water partition coefficient (Wildman–Crippen LogP) is 2.18. The van der Waals surface area contributed by atoms with Gasteiger partial charge < -0.3 is 24.3 Å². The molecule has 0 heterocycles. The number of nitrogens with one attached hydrogen (secondary N) is 1. The number of ketones is 1. The summed E-state index contributed by atoms with van der Waals surface area (Å²) < 4.78 is 20.6. The Hall–Kier alpha value is -3.55. The maximum Gasteiger partial charge on any atom is 0.325 e. The van der Waals surface area contributed by atoms with Crippen molar-refractivity contribution in [2.45, 2.75) is 6.92 Å². The lowest BCUT2D eigenvalue weighted by Crippen LogP contribution is -2.31. The first kappa shape index (κ1) is 21.7. The molecule has 0 aliphatic heterocycles. The number of esters is 1. The molecule has 0 unspecified atom stereocenters. The first-order valence-electron chi connectivity index (χ1n) is 8.73. The van der Waals surface area contributed by atoms with Gasteiger partial charge in [-0.25, -0.2) is 0 Å². The number of carbonyl (C=O) groups is 3. The van der Waals surface area contributed by atoms with Crippen molar-refractivity contribution in [3.63, 3.8) is 0 Å². The molecule has 0 aromatic heterocycles. The van der Waals surface area contributed by atoms with Gasteiger partial charge in [-0.1, -0.05) is 17.7 Å². The maximum absolute atomic E-state index is 12.4. The number of aryl methyl sites for hydroxylation is 1. The lowest BCUT2D eigenvalue weighted by molar-refractivity contribution is -0.141. The number of methoxy groups -OCH3 is 3. The van der Waals surface area contributed by atoms with Gasteiger partial charge in [0, 0.05) is 11.1 Å². The Morgan fingerprint density at radius 1 is 0.897 bits per heavy atom. The Bertz CT molecular complexity index is 883. The number of hydrogen-bond acceptors (Lipinski definition) is 7. The fourth-order valence-electron chi connectivity index (χ4n) is 2.56. The molecule has 1 amide bonds. The largest absolute Gasteiger partial charge is 0.493 e. The van der Waals surface area contributed by atoms with Crippen LogP contribution in [0.25, 0.3) is 0 Å². The highest BCUT2D eigenvalue weighted by atomic mass is 16.5. The highest BCUT2D eigenvalue weighted by Gasteiger charge is 2.18. The van der Waals surface area contributed by atoms with Gasteiger partial charge in [0.05, 0.1) is 21.3 Å². The fourth-order valence-corrected chi connectivity index (χ4v) is 2.56. The molecule has 0 fully saturated rings. The van der Waals surface area contributed by atoms with Crippen LogP contribution in [0.3, 0.4) is 0 Å². The molecule has 8 nitrogen and oxygen atoms in total. The molecule has 29 heavy (non-hydrogen) atoms. The van der Waals surface area contributed by atoms with Gasteiger partial charge in [0.25, 0.3) is 5.91 Å². The molecular formula is C21H23NO7. The smallest absolute Gasteiger partial charge is 0.325 e. The quantitative estimate of drug-likeness (QED) is 0.508. The van der Waals surface area contributed by atoms with Gasteiger partial charge in [-0.3, -0.25) is 14.4 Å². The zero-order chi connectivity index (χ0) is 21.4. The molecule has 0 saturated carbocycles. The van der Waals surface area contributed by atoms with Gasteiger partial charge >= 0.3 is 5.97 Å². The average Bonchev–Trinajstić information content (AvgIpc) is 2.74. The summed E-state index contributed by atoms with van der Waals surface area (Å²) in [6.07, 6.45) is 0. The van der Waals surface area contributed by atoms with Crippen molar-refractivity contribution < 1.29 is 33.3 Å². The van der Waals surface area contributed by atoms with Crippen LogP contribution in [0, 0.1) is 6.92 Å². The topological polar surface area (TPSA) is 100 Å². The molecule has 2 aromatic rings. The summed E-state index contributed by atoms with van der Waals surface area (Å²) in [6.45, 7) is 1.02. The van der Waals surface area contributed by atoms with E-state index in [1.54, 1.807) is 18.2 Å². The molecule has 0 aliphatic rings. The third-order valence-corrected chi connectivity index (χ3v) is 4.02. The van der Waals surface area contributed by atoms with Crippen LogP contribution in [-0.4, -0.2) is 52.1 Å². The van der Waals surface area contributed by atoms with E-state index in [0.717, 1.165) is 5.56 Å². The molecule has 154 valence electrons. The Balaban J connectivity index is 1.93. The predicted molar refractivity (Wildman–Crippen MR) is 105 cm³/mol. The van der Waals surface area contributed by atoms with Crippen molar-refractivity contribution >= 4 is 17.7 Å². The minimum atomic E-state index is -0.730. The normalized spacial score (nSPS) is 10.1. The molecule has 2 aromatic carbocycles. The van der Waals surface area contributed by atoms with E-state index >= 15 is 0 Å². The summed E-state index contributed by atoms with van der Waals surface area (Å²) in [5.41, 5.74) is 1.60. The van der Waals surface area contributed by atoms with E-state index in [2.05, 4.69) is 5.32 Å². The number of Topliss-reactive ketones (excluding diaryl/α,β-unsaturated/α-hetero) is 1. The first-order chi connectivity index (χ1) is 13.9. The van der Waals surface area contributed by atoms with Crippen LogP contribution in [0.1, 0.15) is 26.3 Å². The lowest BCUT2D eigenvalue weighted by Gasteiger charge is -2.13. The van der Waals surface area contributed by atoms with Gasteiger partial charge in [0.2, 0.25) is 11.5 Å². The van der Waals surface area contributed by atoms with E-state index in [-0.39, 0.29) is 12.1 Å². The number of benzene rings is 2. The third-order valence-electron chi connectivity index (χ3n) is 4.02. The molecule has 0 saturated heterocycles. The summed E-state index contributed by atoms with van der Waals surface area (Å²) in [4.78, 5) is 36.3. The molecule has 0 radical (unpaired) electrons. The van der Waals surface area contributed by atoms with Crippen molar-refractivity contribution in [1.82, 2.24) is 5.32 Å². The summed E-state index contributed by atoms with van der Waals surface area (Å²) in [6, 6.07) is 9.89. The van der Waals surface area contributed by atoms with Crippen molar-refractivity contribution in [2.24, 2.45) is 0 Å². The summed E-state index contributed by atoms with van der Waals surface area (Å²) in [5, 5.41) is 2.46. The molecule has 2 rings (SSSR count). The third kappa shape index (κ3) is 5.71. The van der Waals surface area contributed by atoms with Crippen LogP contribution in [0.5, 0.6) is 17.2 Å². The van der Waals surface area contributed by atoms with Crippen LogP contribution < -0.4 is 19.5 Å². The maximum atomic E-state index is 12.4. The summed E-state index contributed by atoms with van der Waals surface area (Å²) >= 11 is 0. The highest BCUT2D eigenvalue weighted by molar-refractivity contribution is 5.99. The zero-order valence-corrected chi connectivity index (χ0v) is 16.7. The monoisotopic (exact) mass is 401 g/mol. The van der Waals surface area contributed by atoms with E-state index in [4.69, 9.17) is 18.9 Å². The Labute approximate surface area is 168 Å². The first-order valence-corrected chi connectivity index (χ1v) is 8.73. The van der Waals surface area contributed by atoms with E-state index in [1.807, 2.05) is 13.0 Å². The van der Waals surface area contributed by atoms with Crippen LogP contribution >= 0.6 is 0 Å². The Morgan fingerprint density at radius 2 is 1.55 bits per heavy atom. The number of amides is 1. The molecule has 1 N–H and O–H groups in total.